The largest absolute Gasteiger partial charge is 0.433 e. The van der Waals surface area contributed by atoms with E-state index < -0.39 is 6.11 Å². The van der Waals surface area contributed by atoms with Crippen LogP contribution in [0.3, 0.4) is 0 Å². The number of carbonyl (C=O) groups is 2. The van der Waals surface area contributed by atoms with Gasteiger partial charge in [0.25, 0.3) is 5.91 Å². The Balaban J connectivity index is 0.998. The summed E-state index contributed by atoms with van der Waals surface area (Å²) in [7, 11) is 0. The molecule has 2 aliphatic rings. The van der Waals surface area contributed by atoms with Crippen molar-refractivity contribution in [3.63, 3.8) is 0 Å². The highest BCUT2D eigenvalue weighted by Gasteiger charge is 2.40. The van der Waals surface area contributed by atoms with E-state index in [9.17, 15) is 18.4 Å². The van der Waals surface area contributed by atoms with E-state index in [1.54, 1.807) is 33.9 Å². The van der Waals surface area contributed by atoms with Crippen molar-refractivity contribution in [3.8, 4) is 5.75 Å². The van der Waals surface area contributed by atoms with Crippen molar-refractivity contribution in [1.29, 1.82) is 0 Å². The smallest absolute Gasteiger partial charge is 0.394 e. The molecule has 0 radical (unpaired) electrons. The summed E-state index contributed by atoms with van der Waals surface area (Å²) in [5.41, 5.74) is 1.27. The van der Waals surface area contributed by atoms with Crippen molar-refractivity contribution >= 4 is 11.7 Å². The third kappa shape index (κ3) is 7.46. The zero-order valence-corrected chi connectivity index (χ0v) is 22.3. The number of aryl methyl sites for hydroxylation is 3. The Morgan fingerprint density at radius 1 is 1.10 bits per heavy atom. The molecule has 3 unspecified atom stereocenters. The van der Waals surface area contributed by atoms with Gasteiger partial charge in [0, 0.05) is 38.9 Å². The molecule has 214 valence electrons. The Labute approximate surface area is 230 Å². The summed E-state index contributed by atoms with van der Waals surface area (Å²) in [6.07, 6.45) is 5.88. The molecule has 2 bridgehead atoms. The first-order valence-electron chi connectivity index (χ1n) is 13.6. The number of hydrogen-bond donors (Lipinski definition) is 1. The lowest BCUT2D eigenvalue weighted by atomic mass is 9.89. The van der Waals surface area contributed by atoms with E-state index in [-0.39, 0.29) is 35.7 Å². The highest BCUT2D eigenvalue weighted by molar-refractivity contribution is 5.94. The second-order valence-electron chi connectivity index (χ2n) is 10.5. The summed E-state index contributed by atoms with van der Waals surface area (Å²) in [5.74, 6) is 0.0219. The minimum atomic E-state index is -3.27. The molecule has 13 heteroatoms. The fourth-order valence-corrected chi connectivity index (χ4v) is 5.22. The highest BCUT2D eigenvalue weighted by atomic mass is 19.3. The van der Waals surface area contributed by atoms with Crippen molar-refractivity contribution in [2.24, 2.45) is 5.92 Å². The van der Waals surface area contributed by atoms with E-state index in [1.165, 1.54) is 12.1 Å². The van der Waals surface area contributed by atoms with Gasteiger partial charge in [-0.3, -0.25) is 19.0 Å². The maximum Gasteiger partial charge on any atom is 0.394 e. The molecule has 2 aromatic heterocycles. The van der Waals surface area contributed by atoms with E-state index in [0.29, 0.717) is 56.3 Å². The monoisotopic (exact) mass is 557 g/mol. The third-order valence-electron chi connectivity index (χ3n) is 7.21. The Kier molecular flexibility index (Phi) is 8.48. The van der Waals surface area contributed by atoms with E-state index >= 15 is 0 Å². The van der Waals surface area contributed by atoms with Crippen molar-refractivity contribution in [2.45, 2.75) is 83.3 Å². The predicted molar refractivity (Wildman–Crippen MR) is 138 cm³/mol. The Morgan fingerprint density at radius 3 is 2.50 bits per heavy atom. The number of ether oxygens (including phenoxy) is 2. The third-order valence-corrected chi connectivity index (χ3v) is 7.21. The minimum absolute atomic E-state index is 0.0510. The van der Waals surface area contributed by atoms with Crippen LogP contribution in [0.5, 0.6) is 5.75 Å². The molecule has 2 aliphatic heterocycles. The standard InChI is InChI=1S/C27H33F2N7O4/c1-27(28,29)40-21-6-4-5-18(13-21)7-9-24(37)22-16-35(33-31-22)11-2-3-12-36-17-23(32-34-36)26(38)30-15-19-14-20-8-10-25(19)39-20/h4-6,13,16-17,19-20,25H,2-3,7-12,14-15H2,1H3,(H,30,38). The number of nitrogens with zero attached hydrogens (tertiary/aromatic N) is 6. The number of rotatable bonds is 14. The molecular weight excluding hydrogens is 524 g/mol. The van der Waals surface area contributed by atoms with Gasteiger partial charge in [0.05, 0.1) is 24.6 Å². The zero-order chi connectivity index (χ0) is 28.1. The summed E-state index contributed by atoms with van der Waals surface area (Å²) in [5, 5.41) is 19.0. The summed E-state index contributed by atoms with van der Waals surface area (Å²) in [6, 6.07) is 6.32. The number of halogens is 2. The second-order valence-corrected chi connectivity index (χ2v) is 10.5. The topological polar surface area (TPSA) is 126 Å². The Hall–Kier alpha value is -3.74. The van der Waals surface area contributed by atoms with Crippen LogP contribution in [0.2, 0.25) is 0 Å². The number of Topliss-reactive ketones (excluding diaryl/α,β-unsaturated/α-hetero) is 1. The van der Waals surface area contributed by atoms with E-state index in [1.807, 2.05) is 0 Å². The molecule has 2 saturated heterocycles. The van der Waals surface area contributed by atoms with Crippen molar-refractivity contribution in [2.75, 3.05) is 6.54 Å². The molecule has 0 saturated carbocycles. The van der Waals surface area contributed by atoms with Gasteiger partial charge in [0.15, 0.2) is 11.5 Å². The van der Waals surface area contributed by atoms with Gasteiger partial charge >= 0.3 is 6.11 Å². The molecule has 3 atom stereocenters. The van der Waals surface area contributed by atoms with Gasteiger partial charge in [-0.2, -0.15) is 8.78 Å². The van der Waals surface area contributed by atoms with Crippen LogP contribution >= 0.6 is 0 Å². The van der Waals surface area contributed by atoms with Gasteiger partial charge in [-0.05, 0) is 56.2 Å². The van der Waals surface area contributed by atoms with Gasteiger partial charge in [-0.25, -0.2) is 0 Å². The lowest BCUT2D eigenvalue weighted by Gasteiger charge is -2.18. The number of nitrogens with one attached hydrogen (secondary N) is 1. The summed E-state index contributed by atoms with van der Waals surface area (Å²) in [6.45, 7) is 2.43. The lowest BCUT2D eigenvalue weighted by Crippen LogP contribution is -2.33. The number of carbonyl (C=O) groups excluding carboxylic acids is 2. The summed E-state index contributed by atoms with van der Waals surface area (Å²) >= 11 is 0. The number of ketones is 1. The van der Waals surface area contributed by atoms with Gasteiger partial charge in [-0.1, -0.05) is 22.6 Å². The van der Waals surface area contributed by atoms with Crippen LogP contribution in [0.25, 0.3) is 0 Å². The van der Waals surface area contributed by atoms with Gasteiger partial charge in [0.1, 0.15) is 11.4 Å². The van der Waals surface area contributed by atoms with Crippen LogP contribution in [0.1, 0.15) is 72.0 Å². The molecule has 5 rings (SSSR count). The van der Waals surface area contributed by atoms with Crippen LogP contribution in [-0.4, -0.2) is 66.5 Å². The number of unbranched alkanes of at least 4 members (excludes halogenated alkanes) is 1. The maximum absolute atomic E-state index is 13.1. The average Bonchev–Trinajstić information content (AvgIpc) is 3.73. The number of hydrogen-bond acceptors (Lipinski definition) is 8. The molecule has 2 fully saturated rings. The van der Waals surface area contributed by atoms with Crippen molar-refractivity contribution < 1.29 is 27.8 Å². The Bertz CT molecular complexity index is 1320. The number of aromatic nitrogens is 6. The number of amides is 1. The summed E-state index contributed by atoms with van der Waals surface area (Å²) < 4.78 is 39.8. The molecule has 0 aliphatic carbocycles. The molecule has 0 spiro atoms. The lowest BCUT2D eigenvalue weighted by molar-refractivity contribution is -0.159. The van der Waals surface area contributed by atoms with Crippen LogP contribution in [-0.2, 0) is 24.2 Å². The van der Waals surface area contributed by atoms with Gasteiger partial charge < -0.3 is 14.8 Å². The first-order valence-corrected chi connectivity index (χ1v) is 13.6. The fourth-order valence-electron chi connectivity index (χ4n) is 5.22. The molecule has 4 heterocycles. The van der Waals surface area contributed by atoms with Crippen LogP contribution in [0.4, 0.5) is 8.78 Å². The number of benzene rings is 1. The van der Waals surface area contributed by atoms with Crippen molar-refractivity contribution in [1.82, 2.24) is 35.3 Å². The number of alkyl halides is 2. The minimum Gasteiger partial charge on any atom is -0.433 e. The van der Waals surface area contributed by atoms with Crippen molar-refractivity contribution in [3.05, 3.63) is 53.6 Å². The van der Waals surface area contributed by atoms with E-state index in [0.717, 1.165) is 32.1 Å². The normalized spacial score (nSPS) is 20.1. The zero-order valence-electron chi connectivity index (χ0n) is 22.3. The average molecular weight is 558 g/mol. The molecule has 1 aromatic carbocycles. The van der Waals surface area contributed by atoms with Crippen LogP contribution in [0.15, 0.2) is 36.7 Å². The molecule has 1 N–H and O–H groups in total. The fraction of sp³-hybridized carbons (Fsp3) is 0.556. The highest BCUT2D eigenvalue weighted by Crippen LogP contribution is 2.38. The van der Waals surface area contributed by atoms with Crippen LogP contribution in [0, 0.1) is 5.92 Å². The summed E-state index contributed by atoms with van der Waals surface area (Å²) in [4.78, 5) is 25.0. The predicted octanol–water partition coefficient (Wildman–Crippen LogP) is 3.45. The number of fused-ring (bicyclic) bond motifs is 2. The SMILES string of the molecule is CC(F)(F)Oc1cccc(CCC(=O)c2cn(CCCCn3cc(C(=O)NCC4CC5CCC4O5)nn3)nn2)c1. The first-order chi connectivity index (χ1) is 19.2. The maximum atomic E-state index is 13.1. The second kappa shape index (κ2) is 12.2. The van der Waals surface area contributed by atoms with Crippen LogP contribution < -0.4 is 10.1 Å². The van der Waals surface area contributed by atoms with Gasteiger partial charge in [0.2, 0.25) is 0 Å². The molecular formula is C27H33F2N7O4. The van der Waals surface area contributed by atoms with Gasteiger partial charge in [-0.15, -0.1) is 10.2 Å². The quantitative estimate of drug-likeness (QED) is 0.236. The molecule has 1 amide bonds. The molecule has 3 aromatic rings. The molecule has 40 heavy (non-hydrogen) atoms. The van der Waals surface area contributed by atoms with E-state index in [2.05, 4.69) is 30.7 Å². The van der Waals surface area contributed by atoms with E-state index in [4.69, 9.17) is 4.74 Å². The molecule has 11 nitrogen and oxygen atoms in total. The Morgan fingerprint density at radius 2 is 1.82 bits per heavy atom. The first kappa shape index (κ1) is 27.8.